The van der Waals surface area contributed by atoms with Gasteiger partial charge in [0.05, 0.1) is 16.1 Å². The quantitative estimate of drug-likeness (QED) is 0.614. The van der Waals surface area contributed by atoms with Crippen molar-refractivity contribution in [2.24, 2.45) is 0 Å². The molecular formula is C10H10BrNO2. The first-order valence-corrected chi connectivity index (χ1v) is 4.97. The molecule has 0 aliphatic carbocycles. The van der Waals surface area contributed by atoms with Crippen molar-refractivity contribution < 1.29 is 9.47 Å². The first kappa shape index (κ1) is 11.0. The highest BCUT2D eigenvalue weighted by atomic mass is 79.9. The van der Waals surface area contributed by atoms with Gasteiger partial charge in [0.15, 0.2) is 6.79 Å². The number of rotatable bonds is 4. The van der Waals surface area contributed by atoms with Gasteiger partial charge in [-0.05, 0) is 41.1 Å². The Labute approximate surface area is 91.4 Å². The Morgan fingerprint density at radius 3 is 2.93 bits per heavy atom. The zero-order valence-electron chi connectivity index (χ0n) is 7.79. The van der Waals surface area contributed by atoms with Gasteiger partial charge in [-0.3, -0.25) is 0 Å². The fourth-order valence-electron chi connectivity index (χ4n) is 0.872. The molecule has 0 unspecified atom stereocenters. The van der Waals surface area contributed by atoms with Crippen LogP contribution in [0.3, 0.4) is 0 Å². The van der Waals surface area contributed by atoms with Crippen LogP contribution >= 0.6 is 15.9 Å². The number of ether oxygens (including phenoxy) is 2. The summed E-state index contributed by atoms with van der Waals surface area (Å²) in [6.07, 6.45) is 0. The zero-order valence-corrected chi connectivity index (χ0v) is 9.37. The standard InChI is InChI=1S/C10H10BrNO2/c1-2-13-7-14-10-5-8(6-12)3-4-9(10)11/h3-5H,2,7H2,1H3. The molecule has 3 nitrogen and oxygen atoms in total. The summed E-state index contributed by atoms with van der Waals surface area (Å²) in [7, 11) is 0. The lowest BCUT2D eigenvalue weighted by Crippen LogP contribution is -2.02. The molecule has 0 fully saturated rings. The third kappa shape index (κ3) is 3.02. The summed E-state index contributed by atoms with van der Waals surface area (Å²) in [6, 6.07) is 7.21. The second-order valence-electron chi connectivity index (χ2n) is 2.51. The topological polar surface area (TPSA) is 42.2 Å². The Morgan fingerprint density at radius 2 is 2.29 bits per heavy atom. The fraction of sp³-hybridized carbons (Fsp3) is 0.300. The van der Waals surface area contributed by atoms with Crippen LogP contribution in [0.25, 0.3) is 0 Å². The van der Waals surface area contributed by atoms with Crippen molar-refractivity contribution in [3.8, 4) is 11.8 Å². The van der Waals surface area contributed by atoms with Crippen LogP contribution in [0.5, 0.6) is 5.75 Å². The van der Waals surface area contributed by atoms with Gasteiger partial charge >= 0.3 is 0 Å². The molecule has 0 aromatic heterocycles. The lowest BCUT2D eigenvalue weighted by atomic mass is 10.2. The Morgan fingerprint density at radius 1 is 1.50 bits per heavy atom. The Hall–Kier alpha value is -1.05. The lowest BCUT2D eigenvalue weighted by molar-refractivity contribution is 0.0219. The number of nitriles is 1. The van der Waals surface area contributed by atoms with Crippen molar-refractivity contribution in [3.05, 3.63) is 28.2 Å². The maximum Gasteiger partial charge on any atom is 0.189 e. The van der Waals surface area contributed by atoms with E-state index < -0.39 is 0 Å². The van der Waals surface area contributed by atoms with Crippen LogP contribution in [0.15, 0.2) is 22.7 Å². The largest absolute Gasteiger partial charge is 0.466 e. The molecular weight excluding hydrogens is 246 g/mol. The highest BCUT2D eigenvalue weighted by Gasteiger charge is 2.02. The van der Waals surface area contributed by atoms with Gasteiger partial charge in [0.2, 0.25) is 0 Å². The molecule has 0 amide bonds. The minimum absolute atomic E-state index is 0.198. The summed E-state index contributed by atoms with van der Waals surface area (Å²) in [5.41, 5.74) is 0.569. The minimum Gasteiger partial charge on any atom is -0.466 e. The van der Waals surface area contributed by atoms with E-state index >= 15 is 0 Å². The van der Waals surface area contributed by atoms with Crippen molar-refractivity contribution in [1.29, 1.82) is 5.26 Å². The van der Waals surface area contributed by atoms with Gasteiger partial charge < -0.3 is 9.47 Å². The van der Waals surface area contributed by atoms with Gasteiger partial charge in [0.25, 0.3) is 0 Å². The monoisotopic (exact) mass is 255 g/mol. The maximum absolute atomic E-state index is 8.67. The van der Waals surface area contributed by atoms with E-state index in [1.807, 2.05) is 13.0 Å². The number of hydrogen-bond donors (Lipinski definition) is 0. The average Bonchev–Trinajstić information content (AvgIpc) is 2.21. The van der Waals surface area contributed by atoms with Crippen LogP contribution in [0, 0.1) is 11.3 Å². The zero-order chi connectivity index (χ0) is 10.4. The van der Waals surface area contributed by atoms with E-state index in [0.29, 0.717) is 17.9 Å². The van der Waals surface area contributed by atoms with E-state index in [9.17, 15) is 0 Å². The maximum atomic E-state index is 8.67. The summed E-state index contributed by atoms with van der Waals surface area (Å²) in [5, 5.41) is 8.67. The van der Waals surface area contributed by atoms with Crippen molar-refractivity contribution in [2.75, 3.05) is 13.4 Å². The van der Waals surface area contributed by atoms with E-state index in [-0.39, 0.29) is 6.79 Å². The molecule has 14 heavy (non-hydrogen) atoms. The summed E-state index contributed by atoms with van der Waals surface area (Å²) in [6.45, 7) is 2.70. The van der Waals surface area contributed by atoms with Crippen LogP contribution in [-0.4, -0.2) is 13.4 Å². The van der Waals surface area contributed by atoms with Crippen LogP contribution in [0.1, 0.15) is 12.5 Å². The van der Waals surface area contributed by atoms with Gasteiger partial charge in [-0.15, -0.1) is 0 Å². The van der Waals surface area contributed by atoms with E-state index in [4.69, 9.17) is 14.7 Å². The first-order chi connectivity index (χ1) is 6.77. The molecule has 1 aromatic rings. The molecule has 0 saturated heterocycles. The smallest absolute Gasteiger partial charge is 0.189 e. The summed E-state index contributed by atoms with van der Waals surface area (Å²) < 4.78 is 11.2. The Bertz CT molecular complexity index is 346. The SMILES string of the molecule is CCOCOc1cc(C#N)ccc1Br. The van der Waals surface area contributed by atoms with Gasteiger partial charge in [0.1, 0.15) is 5.75 Å². The van der Waals surface area contributed by atoms with Crippen molar-refractivity contribution in [2.45, 2.75) is 6.92 Å². The first-order valence-electron chi connectivity index (χ1n) is 4.18. The minimum atomic E-state index is 0.198. The molecule has 0 bridgehead atoms. The highest BCUT2D eigenvalue weighted by Crippen LogP contribution is 2.25. The number of hydrogen-bond acceptors (Lipinski definition) is 3. The molecule has 0 heterocycles. The lowest BCUT2D eigenvalue weighted by Gasteiger charge is -2.07. The van der Waals surface area contributed by atoms with Crippen molar-refractivity contribution in [1.82, 2.24) is 0 Å². The van der Waals surface area contributed by atoms with Gasteiger partial charge in [-0.1, -0.05) is 0 Å². The van der Waals surface area contributed by atoms with E-state index in [2.05, 4.69) is 15.9 Å². The summed E-state index contributed by atoms with van der Waals surface area (Å²) in [4.78, 5) is 0. The Kier molecular flexibility index (Phi) is 4.44. The summed E-state index contributed by atoms with van der Waals surface area (Å²) in [5.74, 6) is 0.623. The molecule has 0 atom stereocenters. The molecule has 0 radical (unpaired) electrons. The predicted octanol–water partition coefficient (Wildman–Crippen LogP) is 2.69. The predicted molar refractivity (Wildman–Crippen MR) is 56.0 cm³/mol. The normalized spacial score (nSPS) is 9.50. The fourth-order valence-corrected chi connectivity index (χ4v) is 1.23. The number of benzene rings is 1. The number of halogens is 1. The van der Waals surface area contributed by atoms with E-state index in [1.54, 1.807) is 18.2 Å². The van der Waals surface area contributed by atoms with Gasteiger partial charge in [0, 0.05) is 6.61 Å². The van der Waals surface area contributed by atoms with Crippen LogP contribution in [-0.2, 0) is 4.74 Å². The summed E-state index contributed by atoms with van der Waals surface area (Å²) >= 11 is 3.32. The third-order valence-electron chi connectivity index (χ3n) is 1.56. The van der Waals surface area contributed by atoms with Crippen LogP contribution in [0.2, 0.25) is 0 Å². The van der Waals surface area contributed by atoms with Crippen molar-refractivity contribution >= 4 is 15.9 Å². The molecule has 0 aliphatic heterocycles. The van der Waals surface area contributed by atoms with Gasteiger partial charge in [-0.2, -0.15) is 5.26 Å². The molecule has 0 saturated carbocycles. The third-order valence-corrected chi connectivity index (χ3v) is 2.22. The van der Waals surface area contributed by atoms with E-state index in [1.165, 1.54) is 0 Å². The van der Waals surface area contributed by atoms with Crippen molar-refractivity contribution in [3.63, 3.8) is 0 Å². The highest BCUT2D eigenvalue weighted by molar-refractivity contribution is 9.10. The molecule has 4 heteroatoms. The van der Waals surface area contributed by atoms with Gasteiger partial charge in [-0.25, -0.2) is 0 Å². The average molecular weight is 256 g/mol. The van der Waals surface area contributed by atoms with E-state index in [0.717, 1.165) is 4.47 Å². The molecule has 0 aliphatic rings. The molecule has 1 aromatic carbocycles. The Balaban J connectivity index is 2.70. The van der Waals surface area contributed by atoms with Crippen LogP contribution in [0.4, 0.5) is 0 Å². The molecule has 0 N–H and O–H groups in total. The number of nitrogens with zero attached hydrogens (tertiary/aromatic N) is 1. The molecule has 74 valence electrons. The molecule has 1 rings (SSSR count). The van der Waals surface area contributed by atoms with Crippen LogP contribution < -0.4 is 4.74 Å². The molecule has 0 spiro atoms. The second-order valence-corrected chi connectivity index (χ2v) is 3.37. The second kappa shape index (κ2) is 5.63.